The van der Waals surface area contributed by atoms with Crippen LogP contribution in [-0.2, 0) is 13.0 Å². The van der Waals surface area contributed by atoms with Gasteiger partial charge in [-0.25, -0.2) is 0 Å². The number of nitrogens with two attached hydrogens (primary N) is 1. The van der Waals surface area contributed by atoms with Crippen molar-refractivity contribution in [3.05, 3.63) is 11.6 Å². The van der Waals surface area contributed by atoms with Crippen molar-refractivity contribution in [2.24, 2.45) is 11.7 Å². The first-order chi connectivity index (χ1) is 7.93. The Morgan fingerprint density at radius 3 is 2.76 bits per heavy atom. The highest BCUT2D eigenvalue weighted by molar-refractivity contribution is 5.04. The molecular formula is C10H15F3N4. The van der Waals surface area contributed by atoms with Gasteiger partial charge in [-0.15, -0.1) is 10.2 Å². The van der Waals surface area contributed by atoms with E-state index in [2.05, 4.69) is 10.2 Å². The van der Waals surface area contributed by atoms with Gasteiger partial charge < -0.3 is 10.3 Å². The Bertz CT molecular complexity index is 399. The molecular weight excluding hydrogens is 233 g/mol. The third-order valence-electron chi connectivity index (χ3n) is 3.21. The lowest BCUT2D eigenvalue weighted by Crippen LogP contribution is -2.33. The summed E-state index contributed by atoms with van der Waals surface area (Å²) in [5.41, 5.74) is 5.81. The molecule has 96 valence electrons. The van der Waals surface area contributed by atoms with Gasteiger partial charge in [-0.05, 0) is 12.8 Å². The van der Waals surface area contributed by atoms with E-state index in [4.69, 9.17) is 5.73 Å². The second kappa shape index (κ2) is 4.29. The lowest BCUT2D eigenvalue weighted by Gasteiger charge is -2.26. The van der Waals surface area contributed by atoms with Crippen LogP contribution in [-0.4, -0.2) is 20.9 Å². The van der Waals surface area contributed by atoms with Crippen molar-refractivity contribution < 1.29 is 13.2 Å². The van der Waals surface area contributed by atoms with Crippen LogP contribution in [0.5, 0.6) is 0 Å². The molecule has 2 heterocycles. The highest BCUT2D eigenvalue weighted by Crippen LogP contribution is 2.34. The zero-order valence-corrected chi connectivity index (χ0v) is 9.54. The summed E-state index contributed by atoms with van der Waals surface area (Å²) in [6.45, 7) is 1.77. The summed E-state index contributed by atoms with van der Waals surface area (Å²) in [7, 11) is 0. The van der Waals surface area contributed by atoms with E-state index in [1.165, 1.54) is 4.57 Å². The molecule has 0 radical (unpaired) electrons. The predicted octanol–water partition coefficient (Wildman–Crippen LogP) is 1.81. The van der Waals surface area contributed by atoms with Crippen LogP contribution in [0.1, 0.15) is 37.5 Å². The number of aryl methyl sites for hydroxylation is 1. The summed E-state index contributed by atoms with van der Waals surface area (Å²) in [6.07, 6.45) is -3.12. The lowest BCUT2D eigenvalue weighted by molar-refractivity contribution is -0.182. The zero-order valence-electron chi connectivity index (χ0n) is 9.54. The number of hydrogen-bond donors (Lipinski definition) is 1. The molecule has 0 saturated carbocycles. The Morgan fingerprint density at radius 2 is 2.18 bits per heavy atom. The Labute approximate surface area is 97.0 Å². The minimum atomic E-state index is -4.16. The molecule has 1 aromatic rings. The van der Waals surface area contributed by atoms with Gasteiger partial charge in [0.15, 0.2) is 0 Å². The van der Waals surface area contributed by atoms with Gasteiger partial charge >= 0.3 is 6.18 Å². The molecule has 7 heteroatoms. The molecule has 0 aliphatic carbocycles. The molecule has 2 N–H and O–H groups in total. The molecule has 17 heavy (non-hydrogen) atoms. The van der Waals surface area contributed by atoms with E-state index >= 15 is 0 Å². The lowest BCUT2D eigenvalue weighted by atomic mass is 9.98. The largest absolute Gasteiger partial charge is 0.393 e. The van der Waals surface area contributed by atoms with Crippen molar-refractivity contribution in [3.63, 3.8) is 0 Å². The topological polar surface area (TPSA) is 56.7 Å². The van der Waals surface area contributed by atoms with Crippen LogP contribution in [0.15, 0.2) is 0 Å². The van der Waals surface area contributed by atoms with Gasteiger partial charge in [-0.3, -0.25) is 0 Å². The number of fused-ring (bicyclic) bond motifs is 1. The van der Waals surface area contributed by atoms with E-state index in [1.54, 1.807) is 0 Å². The number of halogens is 3. The van der Waals surface area contributed by atoms with Crippen molar-refractivity contribution >= 4 is 0 Å². The first-order valence-electron chi connectivity index (χ1n) is 5.67. The van der Waals surface area contributed by atoms with E-state index in [1.807, 2.05) is 6.92 Å². The fourth-order valence-corrected chi connectivity index (χ4v) is 2.07. The maximum atomic E-state index is 12.7. The van der Waals surface area contributed by atoms with Crippen molar-refractivity contribution in [3.8, 4) is 0 Å². The van der Waals surface area contributed by atoms with Crippen molar-refractivity contribution in [2.75, 3.05) is 0 Å². The van der Waals surface area contributed by atoms with Crippen molar-refractivity contribution in [1.82, 2.24) is 14.8 Å². The second-order valence-corrected chi connectivity index (χ2v) is 4.38. The smallest absolute Gasteiger partial charge is 0.321 e. The summed E-state index contributed by atoms with van der Waals surface area (Å²) in [4.78, 5) is 0. The van der Waals surface area contributed by atoms with Gasteiger partial charge in [0, 0.05) is 13.0 Å². The zero-order chi connectivity index (χ0) is 12.6. The highest BCUT2D eigenvalue weighted by atomic mass is 19.4. The quantitative estimate of drug-likeness (QED) is 0.868. The third-order valence-corrected chi connectivity index (χ3v) is 3.21. The summed E-state index contributed by atoms with van der Waals surface area (Å²) in [5.74, 6) is -0.227. The van der Waals surface area contributed by atoms with Crippen molar-refractivity contribution in [2.45, 2.75) is 44.9 Å². The number of aromatic nitrogens is 3. The molecule has 2 rings (SSSR count). The number of alkyl halides is 3. The van der Waals surface area contributed by atoms with E-state index in [0.717, 1.165) is 0 Å². The van der Waals surface area contributed by atoms with Crippen molar-refractivity contribution in [1.29, 1.82) is 0 Å². The third kappa shape index (κ3) is 2.29. The molecule has 2 atom stereocenters. The normalized spacial score (nSPS) is 22.3. The monoisotopic (exact) mass is 248 g/mol. The van der Waals surface area contributed by atoms with Crippen LogP contribution in [0.25, 0.3) is 0 Å². The standard InChI is InChI=1S/C10H15F3N4/c1-2-7(14)9-16-15-8-4-3-6(5-17(8)9)10(11,12)13/h6-7H,2-5,14H2,1H3. The molecule has 1 aliphatic heterocycles. The molecule has 0 aromatic carbocycles. The molecule has 2 unspecified atom stereocenters. The summed E-state index contributed by atoms with van der Waals surface area (Å²) < 4.78 is 39.6. The summed E-state index contributed by atoms with van der Waals surface area (Å²) >= 11 is 0. The molecule has 1 aliphatic rings. The minimum absolute atomic E-state index is 0.0863. The number of hydrogen-bond acceptors (Lipinski definition) is 3. The molecule has 0 spiro atoms. The van der Waals surface area contributed by atoms with Crippen LogP contribution < -0.4 is 5.73 Å². The summed E-state index contributed by atoms with van der Waals surface area (Å²) in [6, 6.07) is -0.344. The molecule has 0 amide bonds. The molecule has 4 nitrogen and oxygen atoms in total. The first-order valence-corrected chi connectivity index (χ1v) is 5.67. The van der Waals surface area contributed by atoms with E-state index in [9.17, 15) is 13.2 Å². The Morgan fingerprint density at radius 1 is 1.47 bits per heavy atom. The number of nitrogens with zero attached hydrogens (tertiary/aromatic N) is 3. The molecule has 0 saturated heterocycles. The van der Waals surface area contributed by atoms with Gasteiger partial charge in [-0.1, -0.05) is 6.92 Å². The molecule has 1 aromatic heterocycles. The Kier molecular flexibility index (Phi) is 3.11. The van der Waals surface area contributed by atoms with Gasteiger partial charge in [0.1, 0.15) is 11.6 Å². The van der Waals surface area contributed by atoms with Gasteiger partial charge in [0.25, 0.3) is 0 Å². The SMILES string of the molecule is CCC(N)c1nnc2n1CC(C(F)(F)F)CC2. The van der Waals surface area contributed by atoms with E-state index < -0.39 is 12.1 Å². The predicted molar refractivity (Wildman–Crippen MR) is 55.1 cm³/mol. The highest BCUT2D eigenvalue weighted by Gasteiger charge is 2.42. The van der Waals surface area contributed by atoms with Gasteiger partial charge in [0.05, 0.1) is 12.0 Å². The Balaban J connectivity index is 2.26. The average molecular weight is 248 g/mol. The fraction of sp³-hybridized carbons (Fsp3) is 0.800. The van der Waals surface area contributed by atoms with Crippen LogP contribution in [0.2, 0.25) is 0 Å². The van der Waals surface area contributed by atoms with Gasteiger partial charge in [-0.2, -0.15) is 13.2 Å². The first kappa shape index (κ1) is 12.3. The second-order valence-electron chi connectivity index (χ2n) is 4.38. The summed E-state index contributed by atoms with van der Waals surface area (Å²) in [5, 5.41) is 7.81. The Hall–Kier alpha value is -1.11. The fourth-order valence-electron chi connectivity index (χ4n) is 2.07. The van der Waals surface area contributed by atoms with Crippen LogP contribution >= 0.6 is 0 Å². The van der Waals surface area contributed by atoms with E-state index in [-0.39, 0.29) is 19.0 Å². The number of rotatable bonds is 2. The molecule has 0 bridgehead atoms. The average Bonchev–Trinajstić information content (AvgIpc) is 2.69. The van der Waals surface area contributed by atoms with Crippen LogP contribution in [0.3, 0.4) is 0 Å². The van der Waals surface area contributed by atoms with Crippen LogP contribution in [0, 0.1) is 5.92 Å². The van der Waals surface area contributed by atoms with Crippen LogP contribution in [0.4, 0.5) is 13.2 Å². The molecule has 0 fully saturated rings. The minimum Gasteiger partial charge on any atom is -0.321 e. The maximum Gasteiger partial charge on any atom is 0.393 e. The maximum absolute atomic E-state index is 12.7. The van der Waals surface area contributed by atoms with E-state index in [0.29, 0.717) is 24.5 Å². The van der Waals surface area contributed by atoms with Gasteiger partial charge in [0.2, 0.25) is 0 Å².